The first-order valence-electron chi connectivity index (χ1n) is 7.27. The number of hydrogen-bond acceptors (Lipinski definition) is 3. The molecule has 10 heteroatoms. The van der Waals surface area contributed by atoms with Crippen molar-refractivity contribution in [3.63, 3.8) is 0 Å². The van der Waals surface area contributed by atoms with Gasteiger partial charge in [0.05, 0.1) is 17.3 Å². The zero-order valence-corrected chi connectivity index (χ0v) is 16.9. The Balaban J connectivity index is 1.63. The Kier molecular flexibility index (Phi) is 6.08. The van der Waals surface area contributed by atoms with E-state index in [0.29, 0.717) is 33.3 Å². The fourth-order valence-corrected chi connectivity index (χ4v) is 3.25. The van der Waals surface area contributed by atoms with Gasteiger partial charge in [0.25, 0.3) is 0 Å². The molecule has 0 saturated heterocycles. The number of nitrogens with one attached hydrogen (secondary N) is 2. The molecule has 5 nitrogen and oxygen atoms in total. The maximum absolute atomic E-state index is 13.1. The van der Waals surface area contributed by atoms with Gasteiger partial charge >= 0.3 is 0 Å². The lowest BCUT2D eigenvalue weighted by Crippen LogP contribution is -2.20. The van der Waals surface area contributed by atoms with E-state index >= 15 is 0 Å². The summed E-state index contributed by atoms with van der Waals surface area (Å²) in [7, 11) is 0. The predicted molar refractivity (Wildman–Crippen MR) is 110 cm³/mol. The van der Waals surface area contributed by atoms with E-state index in [0.717, 1.165) is 10.0 Å². The second-order valence-corrected chi connectivity index (χ2v) is 7.34. The summed E-state index contributed by atoms with van der Waals surface area (Å²) in [5.41, 5.74) is 1.39. The highest BCUT2D eigenvalue weighted by molar-refractivity contribution is 9.10. The van der Waals surface area contributed by atoms with E-state index in [4.69, 9.17) is 35.4 Å². The van der Waals surface area contributed by atoms with Crippen LogP contribution in [0.25, 0.3) is 0 Å². The Labute approximate surface area is 172 Å². The van der Waals surface area contributed by atoms with Gasteiger partial charge in [0.2, 0.25) is 5.95 Å². The summed E-state index contributed by atoms with van der Waals surface area (Å²) < 4.78 is 15.5. The number of rotatable bonds is 4. The highest BCUT2D eigenvalue weighted by Gasteiger charge is 2.08. The number of anilines is 2. The molecule has 0 saturated carbocycles. The molecule has 3 aromatic rings. The number of thiocarbonyl (C=S) groups is 1. The Hall–Kier alpha value is -1.74. The maximum atomic E-state index is 13.1. The van der Waals surface area contributed by atoms with Crippen LogP contribution in [0.4, 0.5) is 16.0 Å². The lowest BCUT2D eigenvalue weighted by Gasteiger charge is -2.09. The molecule has 2 aromatic carbocycles. The van der Waals surface area contributed by atoms with E-state index in [1.807, 2.05) is 6.07 Å². The fraction of sp³-hybridized carbons (Fsp3) is 0.0625. The van der Waals surface area contributed by atoms with E-state index in [-0.39, 0.29) is 5.82 Å². The summed E-state index contributed by atoms with van der Waals surface area (Å²) in [5.74, 6) is -0.0725. The molecule has 1 heterocycles. The third-order valence-corrected chi connectivity index (χ3v) is 4.65. The SMILES string of the molecule is Fc1ccc(Cn2cnc(NC(=S)Nc3ccc(Br)cc3Cl)n2)c(Cl)c1. The quantitative estimate of drug-likeness (QED) is 0.499. The molecule has 0 aliphatic heterocycles. The zero-order chi connectivity index (χ0) is 18.7. The van der Waals surface area contributed by atoms with Crippen LogP contribution in [-0.4, -0.2) is 19.9 Å². The van der Waals surface area contributed by atoms with Crippen molar-refractivity contribution in [2.24, 2.45) is 0 Å². The van der Waals surface area contributed by atoms with Gasteiger partial charge in [-0.1, -0.05) is 45.2 Å². The van der Waals surface area contributed by atoms with Crippen molar-refractivity contribution >= 4 is 68.1 Å². The first kappa shape index (κ1) is 19.0. The van der Waals surface area contributed by atoms with Crippen LogP contribution in [0.1, 0.15) is 5.56 Å². The number of nitrogens with zero attached hydrogens (tertiary/aromatic N) is 3. The highest BCUT2D eigenvalue weighted by atomic mass is 79.9. The summed E-state index contributed by atoms with van der Waals surface area (Å²) >= 11 is 20.7. The van der Waals surface area contributed by atoms with Gasteiger partial charge in [-0.2, -0.15) is 0 Å². The first-order chi connectivity index (χ1) is 12.4. The van der Waals surface area contributed by atoms with Crippen LogP contribution in [0.2, 0.25) is 10.0 Å². The van der Waals surface area contributed by atoms with E-state index in [1.165, 1.54) is 18.5 Å². The Morgan fingerprint density at radius 1 is 1.15 bits per heavy atom. The number of hydrogen-bond donors (Lipinski definition) is 2. The van der Waals surface area contributed by atoms with Gasteiger partial charge in [-0.25, -0.2) is 14.1 Å². The third-order valence-electron chi connectivity index (χ3n) is 3.29. The molecule has 0 fully saturated rings. The van der Waals surface area contributed by atoms with Gasteiger partial charge in [-0.15, -0.1) is 5.10 Å². The molecule has 0 aliphatic rings. The average Bonchev–Trinajstić information content (AvgIpc) is 3.00. The molecule has 0 aliphatic carbocycles. The summed E-state index contributed by atoms with van der Waals surface area (Å²) in [6.45, 7) is 0.354. The molecule has 0 amide bonds. The largest absolute Gasteiger partial charge is 0.331 e. The second kappa shape index (κ2) is 8.30. The minimum Gasteiger partial charge on any atom is -0.331 e. The third kappa shape index (κ3) is 4.91. The predicted octanol–water partition coefficient (Wildman–Crippen LogP) is 5.34. The lowest BCUT2D eigenvalue weighted by atomic mass is 10.2. The Morgan fingerprint density at radius 3 is 2.69 bits per heavy atom. The molecule has 2 N–H and O–H groups in total. The van der Waals surface area contributed by atoms with Gasteiger partial charge in [-0.3, -0.25) is 5.32 Å². The van der Waals surface area contributed by atoms with Crippen LogP contribution >= 0.6 is 51.3 Å². The molecule has 134 valence electrons. The van der Waals surface area contributed by atoms with Crippen molar-refractivity contribution < 1.29 is 4.39 Å². The fourth-order valence-electron chi connectivity index (χ4n) is 2.10. The van der Waals surface area contributed by atoms with Gasteiger partial charge in [0.15, 0.2) is 5.11 Å². The molecule has 0 spiro atoms. The number of benzene rings is 2. The molecular weight excluding hydrogens is 464 g/mol. The van der Waals surface area contributed by atoms with Crippen molar-refractivity contribution in [3.8, 4) is 0 Å². The van der Waals surface area contributed by atoms with Crippen LogP contribution in [0.3, 0.4) is 0 Å². The van der Waals surface area contributed by atoms with Crippen LogP contribution in [-0.2, 0) is 6.54 Å². The average molecular weight is 475 g/mol. The summed E-state index contributed by atoms with van der Waals surface area (Å²) in [4.78, 5) is 4.13. The monoisotopic (exact) mass is 473 g/mol. The van der Waals surface area contributed by atoms with E-state index < -0.39 is 0 Å². The van der Waals surface area contributed by atoms with E-state index in [1.54, 1.807) is 22.9 Å². The normalized spacial score (nSPS) is 10.6. The molecule has 0 unspecified atom stereocenters. The van der Waals surface area contributed by atoms with Gasteiger partial charge < -0.3 is 5.32 Å². The van der Waals surface area contributed by atoms with Gasteiger partial charge in [0.1, 0.15) is 12.1 Å². The summed E-state index contributed by atoms with van der Waals surface area (Å²) in [6.07, 6.45) is 1.53. The summed E-state index contributed by atoms with van der Waals surface area (Å²) in [5, 5.41) is 11.3. The van der Waals surface area contributed by atoms with Crippen LogP contribution in [0.15, 0.2) is 47.2 Å². The Bertz CT molecular complexity index is 966. The van der Waals surface area contributed by atoms with Crippen molar-refractivity contribution in [1.29, 1.82) is 0 Å². The molecule has 3 rings (SSSR count). The van der Waals surface area contributed by atoms with Crippen LogP contribution in [0, 0.1) is 5.82 Å². The van der Waals surface area contributed by atoms with Crippen molar-refractivity contribution in [2.75, 3.05) is 10.6 Å². The van der Waals surface area contributed by atoms with Crippen molar-refractivity contribution in [3.05, 3.63) is 68.6 Å². The maximum Gasteiger partial charge on any atom is 0.248 e. The van der Waals surface area contributed by atoms with E-state index in [9.17, 15) is 4.39 Å². The smallest absolute Gasteiger partial charge is 0.248 e. The van der Waals surface area contributed by atoms with E-state index in [2.05, 4.69) is 36.6 Å². The topological polar surface area (TPSA) is 54.8 Å². The van der Waals surface area contributed by atoms with Crippen molar-refractivity contribution in [1.82, 2.24) is 14.8 Å². The van der Waals surface area contributed by atoms with Crippen molar-refractivity contribution in [2.45, 2.75) is 6.54 Å². The molecular formula is C16H11BrCl2FN5S. The van der Waals surface area contributed by atoms with Gasteiger partial charge in [-0.05, 0) is 48.1 Å². The molecule has 26 heavy (non-hydrogen) atoms. The minimum absolute atomic E-state index is 0.298. The Morgan fingerprint density at radius 2 is 1.96 bits per heavy atom. The first-order valence-corrected chi connectivity index (χ1v) is 9.23. The molecule has 0 bridgehead atoms. The number of aromatic nitrogens is 3. The van der Waals surface area contributed by atoms with Crippen LogP contribution in [0.5, 0.6) is 0 Å². The highest BCUT2D eigenvalue weighted by Crippen LogP contribution is 2.25. The zero-order valence-electron chi connectivity index (χ0n) is 13.0. The molecule has 0 radical (unpaired) electrons. The lowest BCUT2D eigenvalue weighted by molar-refractivity contribution is 0.624. The molecule has 1 aromatic heterocycles. The summed E-state index contributed by atoms with van der Waals surface area (Å²) in [6, 6.07) is 9.60. The van der Waals surface area contributed by atoms with Gasteiger partial charge in [0, 0.05) is 9.50 Å². The van der Waals surface area contributed by atoms with Crippen LogP contribution < -0.4 is 10.6 Å². The minimum atomic E-state index is -0.386. The second-order valence-electron chi connectivity index (χ2n) is 5.20. The number of halogens is 4. The molecule has 0 atom stereocenters. The standard InChI is InChI=1S/C16H11BrCl2FN5S/c17-10-2-4-14(13(19)5-10)22-16(26)23-15-21-8-25(24-15)7-9-1-3-11(20)6-12(9)18/h1-6,8H,7H2,(H2,22,23,24,26).